The lowest BCUT2D eigenvalue weighted by atomic mass is 10.4. The quantitative estimate of drug-likeness (QED) is 0.833. The molecule has 0 unspecified atom stereocenters. The molecule has 2 aromatic rings. The van der Waals surface area contributed by atoms with Crippen LogP contribution in [0.25, 0.3) is 0 Å². The first-order valence-corrected chi connectivity index (χ1v) is 6.37. The third-order valence-electron chi connectivity index (χ3n) is 2.22. The molecule has 0 atom stereocenters. The van der Waals surface area contributed by atoms with Crippen LogP contribution in [-0.4, -0.2) is 24.0 Å². The van der Waals surface area contributed by atoms with E-state index in [0.29, 0.717) is 11.3 Å². The zero-order chi connectivity index (χ0) is 14.6. The van der Waals surface area contributed by atoms with E-state index in [1.807, 2.05) is 0 Å². The molecule has 0 aromatic carbocycles. The minimum absolute atomic E-state index is 0.157. The lowest BCUT2D eigenvalue weighted by Crippen LogP contribution is -2.28. The van der Waals surface area contributed by atoms with E-state index in [4.69, 9.17) is 4.42 Å². The zero-order valence-electron chi connectivity index (χ0n) is 10.0. The Hall–Kier alpha value is -2.03. The van der Waals surface area contributed by atoms with Crippen LogP contribution < -0.4 is 10.6 Å². The Morgan fingerprint density at radius 3 is 2.80 bits per heavy atom. The Labute approximate surface area is 115 Å². The van der Waals surface area contributed by atoms with Gasteiger partial charge in [-0.05, 0) is 12.1 Å². The van der Waals surface area contributed by atoms with Crippen molar-refractivity contribution in [3.05, 3.63) is 35.2 Å². The Morgan fingerprint density at radius 1 is 1.40 bits per heavy atom. The monoisotopic (exact) mass is 305 g/mol. The van der Waals surface area contributed by atoms with Gasteiger partial charge in [-0.1, -0.05) is 11.3 Å². The van der Waals surface area contributed by atoms with Crippen LogP contribution in [0.2, 0.25) is 0 Å². The van der Waals surface area contributed by atoms with E-state index in [1.165, 1.54) is 12.3 Å². The SMILES string of the molecule is O=C(NCCNc1ncc(C(F)(F)F)s1)c1ccco1. The van der Waals surface area contributed by atoms with E-state index in [-0.39, 0.29) is 29.9 Å². The number of thiazole rings is 1. The number of anilines is 1. The van der Waals surface area contributed by atoms with Crippen molar-refractivity contribution in [1.29, 1.82) is 0 Å². The number of alkyl halides is 3. The average molecular weight is 305 g/mol. The van der Waals surface area contributed by atoms with Gasteiger partial charge in [-0.2, -0.15) is 13.2 Å². The van der Waals surface area contributed by atoms with Gasteiger partial charge in [0.05, 0.1) is 12.5 Å². The van der Waals surface area contributed by atoms with Crippen LogP contribution in [-0.2, 0) is 6.18 Å². The second-order valence-corrected chi connectivity index (χ2v) is 4.72. The highest BCUT2D eigenvalue weighted by Crippen LogP contribution is 2.34. The molecule has 0 saturated heterocycles. The van der Waals surface area contributed by atoms with Gasteiger partial charge in [-0.25, -0.2) is 4.98 Å². The van der Waals surface area contributed by atoms with Gasteiger partial charge in [-0.3, -0.25) is 4.79 Å². The number of furan rings is 1. The molecule has 0 aliphatic heterocycles. The number of hydrogen-bond donors (Lipinski definition) is 2. The predicted octanol–water partition coefficient (Wildman–Crippen LogP) is 2.60. The Balaban J connectivity index is 1.74. The van der Waals surface area contributed by atoms with Crippen molar-refractivity contribution in [3.63, 3.8) is 0 Å². The van der Waals surface area contributed by atoms with Crippen molar-refractivity contribution >= 4 is 22.4 Å². The minimum atomic E-state index is -4.38. The van der Waals surface area contributed by atoms with E-state index in [2.05, 4.69) is 15.6 Å². The first-order chi connectivity index (χ1) is 9.47. The van der Waals surface area contributed by atoms with Crippen LogP contribution in [0.4, 0.5) is 18.3 Å². The molecule has 2 aromatic heterocycles. The highest BCUT2D eigenvalue weighted by Gasteiger charge is 2.33. The number of nitrogens with one attached hydrogen (secondary N) is 2. The lowest BCUT2D eigenvalue weighted by Gasteiger charge is -2.04. The number of carbonyl (C=O) groups excluding carboxylic acids is 1. The van der Waals surface area contributed by atoms with Crippen LogP contribution >= 0.6 is 11.3 Å². The van der Waals surface area contributed by atoms with Crippen molar-refractivity contribution < 1.29 is 22.4 Å². The van der Waals surface area contributed by atoms with Crippen molar-refractivity contribution in [1.82, 2.24) is 10.3 Å². The average Bonchev–Trinajstić information content (AvgIpc) is 3.04. The summed E-state index contributed by atoms with van der Waals surface area (Å²) in [4.78, 5) is 14.3. The van der Waals surface area contributed by atoms with Crippen LogP contribution in [0.3, 0.4) is 0 Å². The highest BCUT2D eigenvalue weighted by atomic mass is 32.1. The van der Waals surface area contributed by atoms with Crippen LogP contribution in [0, 0.1) is 0 Å². The first-order valence-electron chi connectivity index (χ1n) is 5.55. The molecule has 20 heavy (non-hydrogen) atoms. The smallest absolute Gasteiger partial charge is 0.427 e. The van der Waals surface area contributed by atoms with Gasteiger partial charge in [0.15, 0.2) is 10.9 Å². The predicted molar refractivity (Wildman–Crippen MR) is 66.6 cm³/mol. The molecule has 5 nitrogen and oxygen atoms in total. The van der Waals surface area contributed by atoms with Gasteiger partial charge < -0.3 is 15.1 Å². The largest absolute Gasteiger partial charge is 0.459 e. The Bertz CT molecular complexity index is 566. The topological polar surface area (TPSA) is 67.2 Å². The maximum absolute atomic E-state index is 12.3. The van der Waals surface area contributed by atoms with Gasteiger partial charge in [0.2, 0.25) is 0 Å². The normalized spacial score (nSPS) is 11.3. The maximum Gasteiger partial charge on any atom is 0.427 e. The third kappa shape index (κ3) is 3.73. The summed E-state index contributed by atoms with van der Waals surface area (Å²) in [6.45, 7) is 0.498. The van der Waals surface area contributed by atoms with Gasteiger partial charge >= 0.3 is 6.18 Å². The molecular formula is C11H10F3N3O2S. The number of nitrogens with zero attached hydrogens (tertiary/aromatic N) is 1. The van der Waals surface area contributed by atoms with E-state index in [0.717, 1.165) is 6.20 Å². The van der Waals surface area contributed by atoms with E-state index >= 15 is 0 Å². The number of rotatable bonds is 5. The molecule has 2 rings (SSSR count). The van der Waals surface area contributed by atoms with Crippen molar-refractivity contribution in [3.8, 4) is 0 Å². The molecule has 2 heterocycles. The molecular weight excluding hydrogens is 295 g/mol. The summed E-state index contributed by atoms with van der Waals surface area (Å²) < 4.78 is 41.9. The summed E-state index contributed by atoms with van der Waals surface area (Å²) in [6.07, 6.45) is -2.24. The van der Waals surface area contributed by atoms with Crippen LogP contribution in [0.1, 0.15) is 15.4 Å². The van der Waals surface area contributed by atoms with E-state index < -0.39 is 11.1 Å². The summed E-state index contributed by atoms with van der Waals surface area (Å²) >= 11 is 0.518. The second-order valence-electron chi connectivity index (χ2n) is 3.69. The number of halogens is 3. The van der Waals surface area contributed by atoms with E-state index in [1.54, 1.807) is 6.07 Å². The molecule has 2 N–H and O–H groups in total. The molecule has 0 aliphatic rings. The molecule has 9 heteroatoms. The molecule has 0 saturated carbocycles. The fourth-order valence-corrected chi connectivity index (χ4v) is 2.04. The van der Waals surface area contributed by atoms with Crippen molar-refractivity contribution in [2.75, 3.05) is 18.4 Å². The fraction of sp³-hybridized carbons (Fsp3) is 0.273. The van der Waals surface area contributed by atoms with Crippen molar-refractivity contribution in [2.24, 2.45) is 0 Å². The molecule has 1 amide bonds. The summed E-state index contributed by atoms with van der Waals surface area (Å²) in [5, 5.41) is 5.41. The summed E-state index contributed by atoms with van der Waals surface area (Å²) in [7, 11) is 0. The minimum Gasteiger partial charge on any atom is -0.459 e. The standard InChI is InChI=1S/C11H10F3N3O2S/c12-11(13,14)8-6-17-10(20-8)16-4-3-15-9(18)7-2-1-5-19-7/h1-2,5-6H,3-4H2,(H,15,18)(H,16,17). The molecule has 0 fully saturated rings. The Morgan fingerprint density at radius 2 is 2.20 bits per heavy atom. The van der Waals surface area contributed by atoms with Crippen molar-refractivity contribution in [2.45, 2.75) is 6.18 Å². The van der Waals surface area contributed by atoms with Gasteiger partial charge in [0, 0.05) is 13.1 Å². The van der Waals surface area contributed by atoms with Gasteiger partial charge in [-0.15, -0.1) is 0 Å². The van der Waals surface area contributed by atoms with Gasteiger partial charge in [0.25, 0.3) is 5.91 Å². The molecule has 0 aliphatic carbocycles. The summed E-state index contributed by atoms with van der Waals surface area (Å²) in [6, 6.07) is 3.10. The van der Waals surface area contributed by atoms with Crippen LogP contribution in [0.5, 0.6) is 0 Å². The molecule has 108 valence electrons. The summed E-state index contributed by atoms with van der Waals surface area (Å²) in [5.41, 5.74) is 0. The Kier molecular flexibility index (Phi) is 4.28. The number of hydrogen-bond acceptors (Lipinski definition) is 5. The second kappa shape index (κ2) is 5.95. The lowest BCUT2D eigenvalue weighted by molar-refractivity contribution is -0.134. The molecule has 0 spiro atoms. The number of amides is 1. The molecule has 0 bridgehead atoms. The maximum atomic E-state index is 12.3. The van der Waals surface area contributed by atoms with E-state index in [9.17, 15) is 18.0 Å². The van der Waals surface area contributed by atoms with Gasteiger partial charge in [0.1, 0.15) is 4.88 Å². The zero-order valence-corrected chi connectivity index (χ0v) is 10.8. The third-order valence-corrected chi connectivity index (χ3v) is 3.22. The fourth-order valence-electron chi connectivity index (χ4n) is 1.33. The molecule has 0 radical (unpaired) electrons. The van der Waals surface area contributed by atoms with Crippen LogP contribution in [0.15, 0.2) is 29.0 Å². The number of aromatic nitrogens is 1. The summed E-state index contributed by atoms with van der Waals surface area (Å²) in [5.74, 6) is -0.203. The number of carbonyl (C=O) groups is 1. The highest BCUT2D eigenvalue weighted by molar-refractivity contribution is 7.15. The first kappa shape index (κ1) is 14.4.